The maximum atomic E-state index is 13.6. The van der Waals surface area contributed by atoms with E-state index in [9.17, 15) is 9.59 Å². The summed E-state index contributed by atoms with van der Waals surface area (Å²) in [5.74, 6) is -0.461. The molecule has 3 aromatic rings. The van der Waals surface area contributed by atoms with Gasteiger partial charge in [0.1, 0.15) is 0 Å². The number of aryl methyl sites for hydroxylation is 3. The Bertz CT molecular complexity index is 1110. The Morgan fingerprint density at radius 1 is 1.13 bits per heavy atom. The van der Waals surface area contributed by atoms with E-state index in [1.807, 2.05) is 48.7 Å². The summed E-state index contributed by atoms with van der Waals surface area (Å²) in [4.78, 5) is 34.4. The van der Waals surface area contributed by atoms with Crippen LogP contribution in [0.1, 0.15) is 29.7 Å². The second kappa shape index (κ2) is 7.69. The average Bonchev–Trinajstić information content (AvgIpc) is 3.48. The Hall–Kier alpha value is -2.99. The van der Waals surface area contributed by atoms with Gasteiger partial charge in [0, 0.05) is 24.0 Å². The van der Waals surface area contributed by atoms with Crippen LogP contribution >= 0.6 is 11.3 Å². The van der Waals surface area contributed by atoms with Crippen molar-refractivity contribution in [2.24, 2.45) is 5.92 Å². The van der Waals surface area contributed by atoms with Gasteiger partial charge in [-0.25, -0.2) is 4.98 Å². The molecule has 152 valence electrons. The number of fused-ring (bicyclic) bond motifs is 1. The third-order valence-corrected chi connectivity index (χ3v) is 6.84. The summed E-state index contributed by atoms with van der Waals surface area (Å²) in [7, 11) is 0. The van der Waals surface area contributed by atoms with E-state index in [1.54, 1.807) is 9.80 Å². The van der Waals surface area contributed by atoms with Crippen LogP contribution in [-0.2, 0) is 22.4 Å². The lowest BCUT2D eigenvalue weighted by Gasteiger charge is -2.23. The van der Waals surface area contributed by atoms with E-state index >= 15 is 0 Å². The molecule has 2 aromatic carbocycles. The molecule has 2 amide bonds. The molecule has 30 heavy (non-hydrogen) atoms. The van der Waals surface area contributed by atoms with Crippen LogP contribution in [0.25, 0.3) is 0 Å². The number of carbonyl (C=O) groups excluding carboxylic acids is 2. The predicted molar refractivity (Wildman–Crippen MR) is 119 cm³/mol. The van der Waals surface area contributed by atoms with Crippen LogP contribution in [0.5, 0.6) is 0 Å². The van der Waals surface area contributed by atoms with Gasteiger partial charge < -0.3 is 4.90 Å². The molecule has 5 rings (SSSR count). The van der Waals surface area contributed by atoms with Gasteiger partial charge in [-0.3, -0.25) is 14.5 Å². The molecule has 5 nitrogen and oxygen atoms in total. The van der Waals surface area contributed by atoms with E-state index in [0.29, 0.717) is 11.7 Å². The Morgan fingerprint density at radius 2 is 1.93 bits per heavy atom. The Morgan fingerprint density at radius 3 is 2.70 bits per heavy atom. The molecule has 6 heteroatoms. The first-order valence-corrected chi connectivity index (χ1v) is 11.2. The second-order valence-electron chi connectivity index (χ2n) is 7.99. The maximum absolute atomic E-state index is 13.6. The first-order chi connectivity index (χ1) is 14.6. The highest BCUT2D eigenvalue weighted by atomic mass is 32.1. The summed E-state index contributed by atoms with van der Waals surface area (Å²) in [6.07, 6.45) is 3.58. The van der Waals surface area contributed by atoms with Gasteiger partial charge in [-0.05, 0) is 61.6 Å². The van der Waals surface area contributed by atoms with Crippen LogP contribution in [0, 0.1) is 12.8 Å². The number of rotatable bonds is 4. The molecule has 1 aliphatic heterocycles. The summed E-state index contributed by atoms with van der Waals surface area (Å²) in [5.41, 5.74) is 5.28. The first-order valence-electron chi connectivity index (χ1n) is 10.3. The van der Waals surface area contributed by atoms with Crippen LogP contribution in [0.15, 0.2) is 53.9 Å². The molecular weight excluding hydrogens is 394 g/mol. The lowest BCUT2D eigenvalue weighted by molar-refractivity contribution is -0.123. The number of nitrogens with zero attached hydrogens (tertiary/aromatic N) is 3. The minimum absolute atomic E-state index is 0.00891. The van der Waals surface area contributed by atoms with E-state index in [2.05, 4.69) is 17.1 Å². The fourth-order valence-corrected chi connectivity index (χ4v) is 5.21. The minimum Gasteiger partial charge on any atom is -0.312 e. The highest BCUT2D eigenvalue weighted by Gasteiger charge is 2.39. The smallest absolute Gasteiger partial charge is 0.238 e. The quantitative estimate of drug-likeness (QED) is 0.620. The molecule has 0 radical (unpaired) electrons. The van der Waals surface area contributed by atoms with Gasteiger partial charge in [0.15, 0.2) is 5.13 Å². The van der Waals surface area contributed by atoms with Crippen molar-refractivity contribution in [3.63, 3.8) is 0 Å². The highest BCUT2D eigenvalue weighted by molar-refractivity contribution is 7.14. The fourth-order valence-electron chi connectivity index (χ4n) is 4.38. The number of amides is 2. The topological polar surface area (TPSA) is 53.5 Å². The summed E-state index contributed by atoms with van der Waals surface area (Å²) in [6.45, 7) is 2.33. The monoisotopic (exact) mass is 417 g/mol. The van der Waals surface area contributed by atoms with Crippen molar-refractivity contribution in [1.82, 2.24) is 4.98 Å². The van der Waals surface area contributed by atoms with E-state index in [1.165, 1.54) is 28.9 Å². The number of hydrogen-bond acceptors (Lipinski definition) is 4. The van der Waals surface area contributed by atoms with Crippen molar-refractivity contribution in [3.05, 3.63) is 70.7 Å². The molecule has 1 saturated heterocycles. The lowest BCUT2D eigenvalue weighted by Crippen LogP contribution is -2.34. The molecule has 0 N–H and O–H groups in total. The van der Waals surface area contributed by atoms with E-state index in [4.69, 9.17) is 0 Å². The zero-order chi connectivity index (χ0) is 20.7. The van der Waals surface area contributed by atoms with Gasteiger partial charge in [-0.2, -0.15) is 0 Å². The summed E-state index contributed by atoms with van der Waals surface area (Å²) in [5, 5.41) is 2.59. The summed E-state index contributed by atoms with van der Waals surface area (Å²) in [6, 6.07) is 15.8. The number of carbonyl (C=O) groups is 2. The van der Waals surface area contributed by atoms with Crippen molar-refractivity contribution in [2.45, 2.75) is 32.6 Å². The van der Waals surface area contributed by atoms with Crippen LogP contribution in [0.2, 0.25) is 0 Å². The number of hydrogen-bond donors (Lipinski definition) is 0. The molecule has 2 heterocycles. The highest BCUT2D eigenvalue weighted by Crippen LogP contribution is 2.35. The number of benzene rings is 2. The van der Waals surface area contributed by atoms with Gasteiger partial charge in [0.25, 0.3) is 0 Å². The molecule has 0 spiro atoms. The molecule has 0 saturated carbocycles. The van der Waals surface area contributed by atoms with Gasteiger partial charge in [0.2, 0.25) is 11.8 Å². The largest absolute Gasteiger partial charge is 0.312 e. The van der Waals surface area contributed by atoms with E-state index < -0.39 is 5.92 Å². The molecule has 2 aliphatic rings. The average molecular weight is 418 g/mol. The Labute approximate surface area is 180 Å². The third kappa shape index (κ3) is 3.41. The molecule has 1 atom stereocenters. The van der Waals surface area contributed by atoms with E-state index in [0.717, 1.165) is 29.9 Å². The zero-order valence-corrected chi connectivity index (χ0v) is 17.7. The fraction of sp³-hybridized carbons (Fsp3) is 0.292. The number of aromatic nitrogens is 1. The summed E-state index contributed by atoms with van der Waals surface area (Å²) >= 11 is 1.45. The van der Waals surface area contributed by atoms with Crippen LogP contribution < -0.4 is 9.80 Å². The van der Waals surface area contributed by atoms with Gasteiger partial charge >= 0.3 is 0 Å². The van der Waals surface area contributed by atoms with Crippen molar-refractivity contribution < 1.29 is 9.59 Å². The van der Waals surface area contributed by atoms with E-state index in [-0.39, 0.29) is 18.2 Å². The van der Waals surface area contributed by atoms with Crippen molar-refractivity contribution in [2.75, 3.05) is 16.3 Å². The zero-order valence-electron chi connectivity index (χ0n) is 16.9. The predicted octanol–water partition coefficient (Wildman–Crippen LogP) is 4.66. The normalized spacial score (nSPS) is 18.0. The Balaban J connectivity index is 1.43. The third-order valence-electron chi connectivity index (χ3n) is 5.90. The van der Waals surface area contributed by atoms with Crippen molar-refractivity contribution in [3.8, 4) is 0 Å². The maximum Gasteiger partial charge on any atom is 0.238 e. The summed E-state index contributed by atoms with van der Waals surface area (Å²) < 4.78 is 0. The molecular formula is C24H23N3O2S. The van der Waals surface area contributed by atoms with Crippen LogP contribution in [0.3, 0.4) is 0 Å². The Kier molecular flexibility index (Phi) is 4.87. The standard InChI is InChI=1S/C24H23N3O2S/c1-16-15-30-24(25-16)27(20-8-3-2-4-9-20)23(29)19-13-22(28)26(14-19)21-11-10-17-6-5-7-18(17)12-21/h2-4,8-12,15,19H,5-7,13-14H2,1H3. The SMILES string of the molecule is Cc1csc(N(C(=O)C2CC(=O)N(c3ccc4c(c3)CCC4)C2)c2ccccc2)n1. The second-order valence-corrected chi connectivity index (χ2v) is 8.83. The number of para-hydroxylation sites is 1. The van der Waals surface area contributed by atoms with Crippen molar-refractivity contribution in [1.29, 1.82) is 0 Å². The molecule has 1 aromatic heterocycles. The first kappa shape index (κ1) is 19.0. The lowest BCUT2D eigenvalue weighted by atomic mass is 10.1. The number of thiazole rings is 1. The van der Waals surface area contributed by atoms with Crippen LogP contribution in [0.4, 0.5) is 16.5 Å². The van der Waals surface area contributed by atoms with Gasteiger partial charge in [-0.1, -0.05) is 24.3 Å². The number of anilines is 3. The van der Waals surface area contributed by atoms with Crippen LogP contribution in [-0.4, -0.2) is 23.3 Å². The molecule has 1 unspecified atom stereocenters. The molecule has 0 bridgehead atoms. The molecule has 1 aliphatic carbocycles. The van der Waals surface area contributed by atoms with Gasteiger partial charge in [-0.15, -0.1) is 11.3 Å². The molecule has 1 fully saturated rings. The van der Waals surface area contributed by atoms with Gasteiger partial charge in [0.05, 0.1) is 17.3 Å². The van der Waals surface area contributed by atoms with Crippen molar-refractivity contribution >= 4 is 39.7 Å². The minimum atomic E-state index is -0.393.